The van der Waals surface area contributed by atoms with Gasteiger partial charge in [-0.2, -0.15) is 0 Å². The summed E-state index contributed by atoms with van der Waals surface area (Å²) in [5, 5.41) is 1.92. The predicted octanol–water partition coefficient (Wildman–Crippen LogP) is -3.26. The Morgan fingerprint density at radius 2 is 2.00 bits per heavy atom. The molecule has 0 spiro atoms. The molecule has 3 unspecified atom stereocenters. The van der Waals surface area contributed by atoms with Gasteiger partial charge in [0.2, 0.25) is 0 Å². The second-order valence-corrected chi connectivity index (χ2v) is 5.77. The SMILES string of the molecule is CC1(C)C2CNC(S(=O)(=O)[O-])C21.[Na+]. The minimum absolute atomic E-state index is 0. The molecule has 1 saturated heterocycles. The number of hydrogen-bond acceptors (Lipinski definition) is 4. The first-order chi connectivity index (χ1) is 5.35. The third-order valence-corrected chi connectivity index (χ3v) is 4.40. The molecule has 4 nitrogen and oxygen atoms in total. The molecule has 2 rings (SSSR count). The molecule has 1 heterocycles. The third-order valence-electron chi connectivity index (χ3n) is 3.32. The maximum atomic E-state index is 10.7. The van der Waals surface area contributed by atoms with Crippen molar-refractivity contribution in [1.29, 1.82) is 0 Å². The van der Waals surface area contributed by atoms with Crippen LogP contribution in [0.15, 0.2) is 0 Å². The molecule has 2 fully saturated rings. The van der Waals surface area contributed by atoms with Gasteiger partial charge in [-0.3, -0.25) is 0 Å². The molecule has 70 valence electrons. The van der Waals surface area contributed by atoms with Gasteiger partial charge in [-0.25, -0.2) is 8.42 Å². The molecule has 2 aliphatic rings. The van der Waals surface area contributed by atoms with E-state index < -0.39 is 15.5 Å². The molecule has 1 aliphatic heterocycles. The predicted molar refractivity (Wildman–Crippen MR) is 42.2 cm³/mol. The standard InChI is InChI=1S/C7H13NO3S.Na/c1-7(2)4-3-8-6(5(4)7)12(9,10)11;/h4-6,8H,3H2,1-2H3,(H,9,10,11);/q;+1/p-1. The van der Waals surface area contributed by atoms with E-state index in [9.17, 15) is 13.0 Å². The van der Waals surface area contributed by atoms with Crippen LogP contribution >= 0.6 is 0 Å². The van der Waals surface area contributed by atoms with Crippen molar-refractivity contribution in [3.05, 3.63) is 0 Å². The molecule has 0 amide bonds. The maximum absolute atomic E-state index is 10.7. The van der Waals surface area contributed by atoms with Crippen LogP contribution in [0, 0.1) is 17.3 Å². The second-order valence-electron chi connectivity index (χ2n) is 4.28. The number of rotatable bonds is 1. The number of nitrogens with one attached hydrogen (secondary N) is 1. The van der Waals surface area contributed by atoms with E-state index in [1.165, 1.54) is 0 Å². The van der Waals surface area contributed by atoms with Crippen LogP contribution < -0.4 is 34.9 Å². The number of fused-ring (bicyclic) bond motifs is 1. The quantitative estimate of drug-likeness (QED) is 0.367. The molecule has 0 radical (unpaired) electrons. The van der Waals surface area contributed by atoms with Crippen LogP contribution in [0.3, 0.4) is 0 Å². The summed E-state index contributed by atoms with van der Waals surface area (Å²) < 4.78 is 32.2. The smallest absolute Gasteiger partial charge is 0.747 e. The van der Waals surface area contributed by atoms with Gasteiger partial charge in [0.05, 0.1) is 0 Å². The summed E-state index contributed by atoms with van der Waals surface area (Å²) in [5.74, 6) is 0.422. The van der Waals surface area contributed by atoms with Crippen LogP contribution in [-0.4, -0.2) is 24.9 Å². The maximum Gasteiger partial charge on any atom is 1.00 e. The van der Waals surface area contributed by atoms with Crippen molar-refractivity contribution in [1.82, 2.24) is 5.32 Å². The van der Waals surface area contributed by atoms with Crippen LogP contribution in [0.25, 0.3) is 0 Å². The summed E-state index contributed by atoms with van der Waals surface area (Å²) in [6.07, 6.45) is 0. The number of hydrogen-bond donors (Lipinski definition) is 1. The van der Waals surface area contributed by atoms with Gasteiger partial charge >= 0.3 is 29.6 Å². The second kappa shape index (κ2) is 3.18. The van der Waals surface area contributed by atoms with Crippen LogP contribution in [0.5, 0.6) is 0 Å². The number of piperidine rings is 1. The first-order valence-corrected chi connectivity index (χ1v) is 5.50. The fourth-order valence-corrected chi connectivity index (χ4v) is 3.63. The van der Waals surface area contributed by atoms with Crippen molar-refractivity contribution in [2.24, 2.45) is 17.3 Å². The zero-order valence-corrected chi connectivity index (χ0v) is 10.9. The molecule has 6 heteroatoms. The van der Waals surface area contributed by atoms with Crippen LogP contribution in [-0.2, 0) is 10.1 Å². The van der Waals surface area contributed by atoms with Crippen molar-refractivity contribution in [3.63, 3.8) is 0 Å². The normalized spacial score (nSPS) is 40.7. The summed E-state index contributed by atoms with van der Waals surface area (Å²) in [6.45, 7) is 4.70. The van der Waals surface area contributed by atoms with Crippen LogP contribution in [0.2, 0.25) is 0 Å². The molecule has 0 aromatic carbocycles. The van der Waals surface area contributed by atoms with E-state index in [2.05, 4.69) is 5.32 Å². The average Bonchev–Trinajstić information content (AvgIpc) is 2.34. The molecule has 1 aliphatic carbocycles. The van der Waals surface area contributed by atoms with Gasteiger partial charge < -0.3 is 9.87 Å². The van der Waals surface area contributed by atoms with Crippen molar-refractivity contribution in [2.45, 2.75) is 19.2 Å². The summed E-state index contributed by atoms with van der Waals surface area (Å²) >= 11 is 0. The van der Waals surface area contributed by atoms with E-state index in [-0.39, 0.29) is 40.9 Å². The van der Waals surface area contributed by atoms with Crippen molar-refractivity contribution < 1.29 is 42.5 Å². The minimum Gasteiger partial charge on any atom is -0.747 e. The van der Waals surface area contributed by atoms with Gasteiger partial charge in [-0.15, -0.1) is 0 Å². The van der Waals surface area contributed by atoms with Crippen LogP contribution in [0.4, 0.5) is 0 Å². The first-order valence-electron chi connectivity index (χ1n) is 4.03. The molecule has 1 N–H and O–H groups in total. The molecule has 0 aromatic rings. The van der Waals surface area contributed by atoms with Crippen molar-refractivity contribution >= 4 is 10.1 Å². The van der Waals surface area contributed by atoms with Crippen LogP contribution in [0.1, 0.15) is 13.8 Å². The summed E-state index contributed by atoms with van der Waals surface area (Å²) in [6, 6.07) is 0. The fourth-order valence-electron chi connectivity index (χ4n) is 2.43. The Labute approximate surface area is 101 Å². The monoisotopic (exact) mass is 213 g/mol. The summed E-state index contributed by atoms with van der Waals surface area (Å²) in [7, 11) is -4.14. The molecular formula is C7H12NNaO3S. The van der Waals surface area contributed by atoms with Gasteiger partial charge in [0.15, 0.2) is 0 Å². The largest absolute Gasteiger partial charge is 1.00 e. The zero-order chi connectivity index (χ0) is 9.15. The first kappa shape index (κ1) is 11.9. The topological polar surface area (TPSA) is 69.2 Å². The van der Waals surface area contributed by atoms with Gasteiger partial charge in [0, 0.05) is 6.54 Å². The minimum atomic E-state index is -4.14. The zero-order valence-electron chi connectivity index (χ0n) is 8.07. The Morgan fingerprint density at radius 1 is 1.46 bits per heavy atom. The Hall–Kier alpha value is 0.870. The summed E-state index contributed by atoms with van der Waals surface area (Å²) in [4.78, 5) is 0. The molecule has 1 saturated carbocycles. The Kier molecular flexibility index (Phi) is 2.92. The van der Waals surface area contributed by atoms with Gasteiger partial charge in [0.1, 0.15) is 15.5 Å². The Morgan fingerprint density at radius 3 is 2.23 bits per heavy atom. The molecule has 0 aromatic heterocycles. The van der Waals surface area contributed by atoms with Gasteiger partial charge in [-0.05, 0) is 17.3 Å². The van der Waals surface area contributed by atoms with Crippen molar-refractivity contribution in [3.8, 4) is 0 Å². The Balaban J connectivity index is 0.000000845. The molecule has 3 atom stereocenters. The fraction of sp³-hybridized carbons (Fsp3) is 1.00. The van der Waals surface area contributed by atoms with Gasteiger partial charge in [-0.1, -0.05) is 13.8 Å². The molecule has 13 heavy (non-hydrogen) atoms. The summed E-state index contributed by atoms with van der Waals surface area (Å²) in [5.41, 5.74) is 0.0490. The Bertz CT molecular complexity index is 314. The van der Waals surface area contributed by atoms with E-state index in [4.69, 9.17) is 0 Å². The van der Waals surface area contributed by atoms with Gasteiger partial charge in [0.25, 0.3) is 0 Å². The van der Waals surface area contributed by atoms with Crippen molar-refractivity contribution in [2.75, 3.05) is 6.54 Å². The van der Waals surface area contributed by atoms with E-state index in [0.29, 0.717) is 12.5 Å². The van der Waals surface area contributed by atoms with E-state index >= 15 is 0 Å². The molecular weight excluding hydrogens is 201 g/mol. The van der Waals surface area contributed by atoms with E-state index in [1.54, 1.807) is 0 Å². The van der Waals surface area contributed by atoms with E-state index in [0.717, 1.165) is 0 Å². The third kappa shape index (κ3) is 1.70. The van der Waals surface area contributed by atoms with E-state index in [1.807, 2.05) is 13.8 Å². The molecule has 0 bridgehead atoms. The average molecular weight is 213 g/mol.